The maximum atomic E-state index is 11.4. The summed E-state index contributed by atoms with van der Waals surface area (Å²) in [6, 6.07) is 0.536. The molecule has 2 unspecified atom stereocenters. The summed E-state index contributed by atoms with van der Waals surface area (Å²) in [6.45, 7) is 0.968. The van der Waals surface area contributed by atoms with Gasteiger partial charge in [-0.25, -0.2) is 0 Å². The van der Waals surface area contributed by atoms with Crippen LogP contribution in [0.1, 0.15) is 32.1 Å². The van der Waals surface area contributed by atoms with Crippen molar-refractivity contribution in [2.45, 2.75) is 38.1 Å². The fraction of sp³-hybridized carbons (Fsp3) is 0.900. The molecule has 1 amide bonds. The van der Waals surface area contributed by atoms with Crippen LogP contribution in [0.25, 0.3) is 0 Å². The highest BCUT2D eigenvalue weighted by Crippen LogP contribution is 2.35. The molecule has 0 radical (unpaired) electrons. The molecule has 13 heavy (non-hydrogen) atoms. The zero-order chi connectivity index (χ0) is 9.26. The molecule has 0 aromatic heterocycles. The molecule has 1 aliphatic carbocycles. The number of hydrogen-bond acceptors (Lipinski definition) is 1. The Morgan fingerprint density at radius 3 is 2.85 bits per heavy atom. The quantitative estimate of drug-likeness (QED) is 0.595. The third-order valence-corrected chi connectivity index (χ3v) is 3.61. The van der Waals surface area contributed by atoms with Crippen molar-refractivity contribution in [2.75, 3.05) is 12.4 Å². The molecule has 1 aliphatic heterocycles. The predicted octanol–water partition coefficient (Wildman–Crippen LogP) is 2.02. The Morgan fingerprint density at radius 1 is 1.31 bits per heavy atom. The number of rotatable bonds is 1. The maximum Gasteiger partial charge on any atom is 0.237 e. The average molecular weight is 202 g/mol. The van der Waals surface area contributed by atoms with E-state index < -0.39 is 0 Å². The van der Waals surface area contributed by atoms with E-state index >= 15 is 0 Å². The lowest BCUT2D eigenvalue weighted by Gasteiger charge is -2.47. The second-order valence-corrected chi connectivity index (χ2v) is 4.41. The van der Waals surface area contributed by atoms with Gasteiger partial charge in [0, 0.05) is 12.6 Å². The van der Waals surface area contributed by atoms with Crippen LogP contribution in [0.5, 0.6) is 0 Å². The van der Waals surface area contributed by atoms with Crippen LogP contribution >= 0.6 is 11.6 Å². The number of fused-ring (bicyclic) bond motifs is 1. The number of amides is 1. The van der Waals surface area contributed by atoms with Gasteiger partial charge in [-0.1, -0.05) is 19.3 Å². The number of carbonyl (C=O) groups excluding carboxylic acids is 1. The van der Waals surface area contributed by atoms with Crippen molar-refractivity contribution < 1.29 is 4.79 Å². The van der Waals surface area contributed by atoms with Gasteiger partial charge in [-0.15, -0.1) is 11.6 Å². The molecule has 74 valence electrons. The summed E-state index contributed by atoms with van der Waals surface area (Å²) in [5, 5.41) is 0. The van der Waals surface area contributed by atoms with Crippen molar-refractivity contribution in [1.82, 2.24) is 4.90 Å². The highest BCUT2D eigenvalue weighted by Gasteiger charge is 2.41. The van der Waals surface area contributed by atoms with E-state index in [0.29, 0.717) is 6.04 Å². The summed E-state index contributed by atoms with van der Waals surface area (Å²) < 4.78 is 0. The first-order chi connectivity index (χ1) is 6.33. The van der Waals surface area contributed by atoms with E-state index in [-0.39, 0.29) is 11.8 Å². The monoisotopic (exact) mass is 201 g/mol. The number of halogens is 1. The molecule has 2 aliphatic rings. The van der Waals surface area contributed by atoms with Crippen molar-refractivity contribution in [3.8, 4) is 0 Å². The minimum absolute atomic E-state index is 0.129. The number of likely N-dealkylation sites (tertiary alicyclic amines) is 1. The van der Waals surface area contributed by atoms with E-state index in [4.69, 9.17) is 11.6 Å². The van der Waals surface area contributed by atoms with E-state index in [1.165, 1.54) is 32.1 Å². The van der Waals surface area contributed by atoms with Crippen LogP contribution in [0, 0.1) is 5.92 Å². The minimum Gasteiger partial charge on any atom is -0.338 e. The van der Waals surface area contributed by atoms with Gasteiger partial charge in [-0.3, -0.25) is 4.79 Å². The molecular weight excluding hydrogens is 186 g/mol. The van der Waals surface area contributed by atoms with Gasteiger partial charge < -0.3 is 4.90 Å². The Balaban J connectivity index is 1.93. The molecule has 1 saturated heterocycles. The molecular formula is C10H16ClNO. The topological polar surface area (TPSA) is 20.3 Å². The van der Waals surface area contributed by atoms with Crippen molar-refractivity contribution >= 4 is 17.5 Å². The first-order valence-corrected chi connectivity index (χ1v) is 5.72. The van der Waals surface area contributed by atoms with Gasteiger partial charge in [-0.2, -0.15) is 0 Å². The smallest absolute Gasteiger partial charge is 0.237 e. The largest absolute Gasteiger partial charge is 0.338 e. The Kier molecular flexibility index (Phi) is 2.77. The molecule has 0 aromatic rings. The molecule has 0 aromatic carbocycles. The molecule has 2 fully saturated rings. The van der Waals surface area contributed by atoms with Crippen molar-refractivity contribution in [2.24, 2.45) is 5.92 Å². The number of alkyl halides is 1. The molecule has 1 heterocycles. The van der Waals surface area contributed by atoms with Crippen LogP contribution in [-0.2, 0) is 4.79 Å². The Bertz CT molecular complexity index is 207. The predicted molar refractivity (Wildman–Crippen MR) is 52.8 cm³/mol. The standard InChI is InChI=1S/C10H16ClNO/c11-6-10(13)12-7-8-4-2-1-3-5-9(8)12/h8-9H,1-7H2. The Labute approximate surface area is 84.2 Å². The van der Waals surface area contributed by atoms with Crippen LogP contribution in [0.3, 0.4) is 0 Å². The molecule has 3 heteroatoms. The molecule has 2 atom stereocenters. The summed E-state index contributed by atoms with van der Waals surface area (Å²) in [5.41, 5.74) is 0. The first kappa shape index (κ1) is 9.32. The summed E-state index contributed by atoms with van der Waals surface area (Å²) in [6.07, 6.45) is 6.50. The highest BCUT2D eigenvalue weighted by atomic mass is 35.5. The first-order valence-electron chi connectivity index (χ1n) is 5.18. The van der Waals surface area contributed by atoms with Gasteiger partial charge in [0.15, 0.2) is 0 Å². The van der Waals surface area contributed by atoms with Crippen LogP contribution in [0.15, 0.2) is 0 Å². The maximum absolute atomic E-state index is 11.4. The highest BCUT2D eigenvalue weighted by molar-refractivity contribution is 6.27. The lowest BCUT2D eigenvalue weighted by atomic mass is 9.84. The third kappa shape index (κ3) is 1.69. The molecule has 1 saturated carbocycles. The van der Waals surface area contributed by atoms with Crippen LogP contribution in [0.4, 0.5) is 0 Å². The van der Waals surface area contributed by atoms with Gasteiger partial charge in [-0.05, 0) is 18.8 Å². The van der Waals surface area contributed by atoms with Crippen molar-refractivity contribution in [1.29, 1.82) is 0 Å². The summed E-state index contributed by atoms with van der Waals surface area (Å²) in [4.78, 5) is 13.3. The zero-order valence-corrected chi connectivity index (χ0v) is 8.59. The van der Waals surface area contributed by atoms with Crippen LogP contribution in [-0.4, -0.2) is 29.3 Å². The van der Waals surface area contributed by atoms with Crippen molar-refractivity contribution in [3.05, 3.63) is 0 Å². The fourth-order valence-electron chi connectivity index (χ4n) is 2.60. The van der Waals surface area contributed by atoms with Gasteiger partial charge in [0.1, 0.15) is 5.88 Å². The average Bonchev–Trinajstić information content (AvgIpc) is 2.29. The zero-order valence-electron chi connectivity index (χ0n) is 7.84. The van der Waals surface area contributed by atoms with Crippen LogP contribution < -0.4 is 0 Å². The summed E-state index contributed by atoms with van der Waals surface area (Å²) >= 11 is 5.54. The van der Waals surface area contributed by atoms with E-state index in [9.17, 15) is 4.79 Å². The lowest BCUT2D eigenvalue weighted by Crippen LogP contribution is -2.58. The number of carbonyl (C=O) groups is 1. The Hall–Kier alpha value is -0.240. The number of hydrogen-bond donors (Lipinski definition) is 0. The fourth-order valence-corrected chi connectivity index (χ4v) is 2.76. The Morgan fingerprint density at radius 2 is 2.08 bits per heavy atom. The van der Waals surface area contributed by atoms with E-state index in [2.05, 4.69) is 0 Å². The second-order valence-electron chi connectivity index (χ2n) is 4.15. The molecule has 0 N–H and O–H groups in total. The van der Waals surface area contributed by atoms with Gasteiger partial charge in [0.2, 0.25) is 5.91 Å². The van der Waals surface area contributed by atoms with Gasteiger partial charge in [0.05, 0.1) is 0 Å². The van der Waals surface area contributed by atoms with Gasteiger partial charge >= 0.3 is 0 Å². The lowest BCUT2D eigenvalue weighted by molar-refractivity contribution is -0.141. The minimum atomic E-state index is 0.129. The van der Waals surface area contributed by atoms with Crippen LogP contribution in [0.2, 0.25) is 0 Å². The molecule has 2 nitrogen and oxygen atoms in total. The molecule has 0 spiro atoms. The van der Waals surface area contributed by atoms with E-state index in [1.807, 2.05) is 4.90 Å². The van der Waals surface area contributed by atoms with E-state index in [1.54, 1.807) is 0 Å². The van der Waals surface area contributed by atoms with E-state index in [0.717, 1.165) is 12.5 Å². The SMILES string of the molecule is O=C(CCl)N1CC2CCCCCC21. The summed E-state index contributed by atoms with van der Waals surface area (Å²) in [7, 11) is 0. The van der Waals surface area contributed by atoms with Gasteiger partial charge in [0.25, 0.3) is 0 Å². The second kappa shape index (κ2) is 3.87. The normalized spacial score (nSPS) is 33.2. The molecule has 2 rings (SSSR count). The summed E-state index contributed by atoms with van der Waals surface area (Å²) in [5.74, 6) is 1.07. The van der Waals surface area contributed by atoms with Crippen molar-refractivity contribution in [3.63, 3.8) is 0 Å². The third-order valence-electron chi connectivity index (χ3n) is 3.39. The number of nitrogens with zero attached hydrogens (tertiary/aromatic N) is 1. The molecule has 0 bridgehead atoms.